The van der Waals surface area contributed by atoms with Gasteiger partial charge in [-0.1, -0.05) is 33.3 Å². The molecule has 0 heterocycles. The molecule has 0 aliphatic heterocycles. The van der Waals surface area contributed by atoms with Crippen LogP contribution in [0.25, 0.3) is 0 Å². The smallest absolute Gasteiger partial charge is 0.307 e. The van der Waals surface area contributed by atoms with Gasteiger partial charge < -0.3 is 5.11 Å². The Hall–Kier alpha value is -0.950. The fourth-order valence-corrected chi connectivity index (χ4v) is 3.03. The Morgan fingerprint density at radius 2 is 2.24 bits per heavy atom. The van der Waals surface area contributed by atoms with Crippen molar-refractivity contribution in [3.05, 3.63) is 11.0 Å². The topological polar surface area (TPSA) is 61.1 Å². The van der Waals surface area contributed by atoms with Crippen molar-refractivity contribution >= 4 is 17.7 Å². The van der Waals surface area contributed by atoms with Crippen LogP contribution in [0.1, 0.15) is 33.6 Å². The summed E-state index contributed by atoms with van der Waals surface area (Å²) in [6.45, 7) is 6.00. The summed E-state index contributed by atoms with van der Waals surface area (Å²) < 4.78 is 0. The molecule has 0 spiro atoms. The molecule has 1 fully saturated rings. The molecule has 1 rings (SSSR count). The Kier molecular flexibility index (Phi) is 4.64. The lowest BCUT2D eigenvalue weighted by Crippen LogP contribution is -2.03. The zero-order valence-corrected chi connectivity index (χ0v) is 11.4. The van der Waals surface area contributed by atoms with E-state index in [4.69, 9.17) is 10.4 Å². The highest BCUT2D eigenvalue weighted by Crippen LogP contribution is 2.59. The number of carboxylic acids is 1. The first-order valence-corrected chi connectivity index (χ1v) is 6.91. The van der Waals surface area contributed by atoms with E-state index in [1.165, 1.54) is 11.8 Å². The monoisotopic (exact) mass is 253 g/mol. The van der Waals surface area contributed by atoms with Crippen molar-refractivity contribution in [2.45, 2.75) is 33.6 Å². The standard InChI is InChI=1S/C13H19NO2S/c1-4-5-6-17-9(8-14)7-10-11(12(15)16)13(10,2)3/h7,10-11H,4-6H2,1-3H3,(H,15,16)/b9-7+. The molecular weight excluding hydrogens is 234 g/mol. The number of rotatable bonds is 6. The number of carboxylic acid groups (broad SMARTS) is 1. The SMILES string of the molecule is CCCCS/C(C#N)=C/C1C(C(=O)O)C1(C)C. The number of allylic oxidation sites excluding steroid dienone is 2. The predicted molar refractivity (Wildman–Crippen MR) is 69.5 cm³/mol. The van der Waals surface area contributed by atoms with Gasteiger partial charge in [0, 0.05) is 0 Å². The van der Waals surface area contributed by atoms with E-state index >= 15 is 0 Å². The van der Waals surface area contributed by atoms with E-state index in [2.05, 4.69) is 13.0 Å². The van der Waals surface area contributed by atoms with E-state index in [-0.39, 0.29) is 17.3 Å². The van der Waals surface area contributed by atoms with Crippen molar-refractivity contribution in [1.29, 1.82) is 5.26 Å². The van der Waals surface area contributed by atoms with E-state index in [1.807, 2.05) is 19.9 Å². The number of unbranched alkanes of at least 4 members (excludes halogenated alkanes) is 1. The molecule has 1 aliphatic carbocycles. The highest BCUT2D eigenvalue weighted by atomic mass is 32.2. The van der Waals surface area contributed by atoms with E-state index in [1.54, 1.807) is 0 Å². The molecule has 2 unspecified atom stereocenters. The van der Waals surface area contributed by atoms with Gasteiger partial charge >= 0.3 is 5.97 Å². The van der Waals surface area contributed by atoms with Crippen molar-refractivity contribution in [2.24, 2.45) is 17.3 Å². The van der Waals surface area contributed by atoms with Gasteiger partial charge in [0.05, 0.1) is 10.8 Å². The summed E-state index contributed by atoms with van der Waals surface area (Å²) >= 11 is 1.54. The molecule has 1 N–H and O–H groups in total. The van der Waals surface area contributed by atoms with Gasteiger partial charge in [-0.2, -0.15) is 5.26 Å². The summed E-state index contributed by atoms with van der Waals surface area (Å²) in [4.78, 5) is 11.7. The lowest BCUT2D eigenvalue weighted by Gasteiger charge is -1.99. The second-order valence-corrected chi connectivity index (χ2v) is 6.14. The maximum Gasteiger partial charge on any atom is 0.307 e. The lowest BCUT2D eigenvalue weighted by molar-refractivity contribution is -0.139. The lowest BCUT2D eigenvalue weighted by atomic mass is 10.1. The van der Waals surface area contributed by atoms with Gasteiger partial charge in [0.2, 0.25) is 0 Å². The molecule has 0 aromatic heterocycles. The van der Waals surface area contributed by atoms with Crippen molar-refractivity contribution in [1.82, 2.24) is 0 Å². The van der Waals surface area contributed by atoms with Crippen LogP contribution in [0.4, 0.5) is 0 Å². The molecule has 2 atom stereocenters. The third kappa shape index (κ3) is 3.26. The zero-order valence-electron chi connectivity index (χ0n) is 10.6. The molecule has 4 heteroatoms. The molecule has 0 bridgehead atoms. The highest BCUT2D eigenvalue weighted by molar-refractivity contribution is 8.03. The second-order valence-electron chi connectivity index (χ2n) is 5.01. The Morgan fingerprint density at radius 3 is 2.65 bits per heavy atom. The van der Waals surface area contributed by atoms with Gasteiger partial charge in [-0.25, -0.2) is 0 Å². The second kappa shape index (κ2) is 5.59. The van der Waals surface area contributed by atoms with E-state index in [0.29, 0.717) is 4.91 Å². The average molecular weight is 253 g/mol. The highest BCUT2D eigenvalue weighted by Gasteiger charge is 2.61. The van der Waals surface area contributed by atoms with Gasteiger partial charge in [-0.05, 0) is 23.5 Å². The van der Waals surface area contributed by atoms with Gasteiger partial charge in [0.15, 0.2) is 0 Å². The first kappa shape index (κ1) is 14.1. The van der Waals surface area contributed by atoms with Crippen LogP contribution < -0.4 is 0 Å². The Balaban J connectivity index is 2.62. The quantitative estimate of drug-likeness (QED) is 0.583. The third-order valence-electron chi connectivity index (χ3n) is 3.37. The van der Waals surface area contributed by atoms with Gasteiger partial charge in [0.1, 0.15) is 6.07 Å². The number of hydrogen-bond donors (Lipinski definition) is 1. The Bertz CT molecular complexity index is 368. The first-order chi connectivity index (χ1) is 7.95. The summed E-state index contributed by atoms with van der Waals surface area (Å²) in [6, 6.07) is 2.16. The van der Waals surface area contributed by atoms with Crippen LogP contribution in [0.3, 0.4) is 0 Å². The number of carbonyl (C=O) groups is 1. The number of nitrogens with zero attached hydrogens (tertiary/aromatic N) is 1. The Labute approximate surface area is 107 Å². The minimum absolute atomic E-state index is 0.00350. The number of hydrogen-bond acceptors (Lipinski definition) is 3. The van der Waals surface area contributed by atoms with E-state index in [0.717, 1.165) is 18.6 Å². The number of aliphatic carboxylic acids is 1. The molecule has 1 aliphatic rings. The fraction of sp³-hybridized carbons (Fsp3) is 0.692. The molecule has 0 radical (unpaired) electrons. The normalized spacial score (nSPS) is 26.4. The number of thioether (sulfide) groups is 1. The maximum atomic E-state index is 11.0. The first-order valence-electron chi connectivity index (χ1n) is 5.92. The molecule has 0 aromatic carbocycles. The molecule has 94 valence electrons. The van der Waals surface area contributed by atoms with E-state index < -0.39 is 5.97 Å². The van der Waals surface area contributed by atoms with Crippen LogP contribution in [0.5, 0.6) is 0 Å². The van der Waals surface area contributed by atoms with Crippen LogP contribution in [0.15, 0.2) is 11.0 Å². The average Bonchev–Trinajstić information content (AvgIpc) is 2.79. The predicted octanol–water partition coefficient (Wildman–Crippen LogP) is 3.28. The molecule has 1 saturated carbocycles. The summed E-state index contributed by atoms with van der Waals surface area (Å²) in [5.74, 6) is -0.158. The van der Waals surface area contributed by atoms with Gasteiger partial charge in [0.25, 0.3) is 0 Å². The van der Waals surface area contributed by atoms with Crippen molar-refractivity contribution in [2.75, 3.05) is 5.75 Å². The zero-order chi connectivity index (χ0) is 13.1. The summed E-state index contributed by atoms with van der Waals surface area (Å²) in [5, 5.41) is 18.1. The largest absolute Gasteiger partial charge is 0.481 e. The van der Waals surface area contributed by atoms with Crippen molar-refractivity contribution in [3.63, 3.8) is 0 Å². The summed E-state index contributed by atoms with van der Waals surface area (Å²) in [5.41, 5.74) is -0.209. The molecule has 0 amide bonds. The van der Waals surface area contributed by atoms with Gasteiger partial charge in [-0.3, -0.25) is 4.79 Å². The Morgan fingerprint density at radius 1 is 1.59 bits per heavy atom. The van der Waals surface area contributed by atoms with Crippen LogP contribution in [0.2, 0.25) is 0 Å². The van der Waals surface area contributed by atoms with Crippen LogP contribution in [0, 0.1) is 28.6 Å². The number of nitriles is 1. The van der Waals surface area contributed by atoms with Gasteiger partial charge in [-0.15, -0.1) is 11.8 Å². The summed E-state index contributed by atoms with van der Waals surface area (Å²) in [6.07, 6.45) is 4.04. The maximum absolute atomic E-state index is 11.0. The van der Waals surface area contributed by atoms with Crippen LogP contribution >= 0.6 is 11.8 Å². The minimum Gasteiger partial charge on any atom is -0.481 e. The fourth-order valence-electron chi connectivity index (χ4n) is 2.07. The van der Waals surface area contributed by atoms with Crippen LogP contribution in [-0.4, -0.2) is 16.8 Å². The molecular formula is C13H19NO2S. The molecule has 3 nitrogen and oxygen atoms in total. The molecule has 17 heavy (non-hydrogen) atoms. The van der Waals surface area contributed by atoms with E-state index in [9.17, 15) is 4.79 Å². The summed E-state index contributed by atoms with van der Waals surface area (Å²) in [7, 11) is 0. The van der Waals surface area contributed by atoms with Crippen molar-refractivity contribution < 1.29 is 9.90 Å². The molecule has 0 saturated heterocycles. The van der Waals surface area contributed by atoms with Crippen molar-refractivity contribution in [3.8, 4) is 6.07 Å². The minimum atomic E-state index is -0.757. The van der Waals surface area contributed by atoms with Crippen LogP contribution in [-0.2, 0) is 4.79 Å². The third-order valence-corrected chi connectivity index (χ3v) is 4.40. The molecule has 0 aromatic rings.